The highest BCUT2D eigenvalue weighted by molar-refractivity contribution is 5.91. The Morgan fingerprint density at radius 3 is 2.95 bits per heavy atom. The number of aryl methyl sites for hydroxylation is 1. The van der Waals surface area contributed by atoms with Crippen molar-refractivity contribution in [3.8, 4) is 0 Å². The SMILES string of the molecule is O=C(/C=C/c1ccco1)NCCCn1ccc2ccccc21. The lowest BCUT2D eigenvalue weighted by Gasteiger charge is -2.06. The Kier molecular flexibility index (Phi) is 4.39. The van der Waals surface area contributed by atoms with E-state index in [1.807, 2.05) is 12.1 Å². The molecule has 1 N–H and O–H groups in total. The Hall–Kier alpha value is -2.75. The smallest absolute Gasteiger partial charge is 0.244 e. The Balaban J connectivity index is 1.44. The summed E-state index contributed by atoms with van der Waals surface area (Å²) < 4.78 is 7.34. The van der Waals surface area contributed by atoms with Gasteiger partial charge in [-0.2, -0.15) is 0 Å². The quantitative estimate of drug-likeness (QED) is 0.559. The van der Waals surface area contributed by atoms with Crippen LogP contribution in [-0.4, -0.2) is 17.0 Å². The molecule has 112 valence electrons. The van der Waals surface area contributed by atoms with Crippen LogP contribution in [0.15, 0.2) is 65.4 Å². The number of aromatic nitrogens is 1. The van der Waals surface area contributed by atoms with Crippen LogP contribution < -0.4 is 5.32 Å². The minimum atomic E-state index is -0.103. The molecule has 0 saturated heterocycles. The highest BCUT2D eigenvalue weighted by Gasteiger charge is 2.00. The number of hydrogen-bond donors (Lipinski definition) is 1. The molecule has 0 spiro atoms. The van der Waals surface area contributed by atoms with Gasteiger partial charge < -0.3 is 14.3 Å². The number of carbonyl (C=O) groups is 1. The fraction of sp³-hybridized carbons (Fsp3) is 0.167. The van der Waals surface area contributed by atoms with Crippen molar-refractivity contribution < 1.29 is 9.21 Å². The van der Waals surface area contributed by atoms with Crippen LogP contribution in [0.1, 0.15) is 12.2 Å². The summed E-state index contributed by atoms with van der Waals surface area (Å²) in [5.41, 5.74) is 1.23. The summed E-state index contributed by atoms with van der Waals surface area (Å²) in [6.45, 7) is 1.53. The van der Waals surface area contributed by atoms with Crippen LogP contribution in [0.3, 0.4) is 0 Å². The van der Waals surface area contributed by atoms with Crippen LogP contribution in [0.5, 0.6) is 0 Å². The molecule has 0 aliphatic carbocycles. The third kappa shape index (κ3) is 3.47. The van der Waals surface area contributed by atoms with E-state index in [1.165, 1.54) is 17.0 Å². The van der Waals surface area contributed by atoms with Gasteiger partial charge in [0, 0.05) is 30.9 Å². The summed E-state index contributed by atoms with van der Waals surface area (Å²) in [5, 5.41) is 4.12. The normalized spacial score (nSPS) is 11.3. The second-order valence-corrected chi connectivity index (χ2v) is 5.06. The lowest BCUT2D eigenvalue weighted by Crippen LogP contribution is -2.23. The van der Waals surface area contributed by atoms with Crippen LogP contribution >= 0.6 is 0 Å². The number of benzene rings is 1. The maximum atomic E-state index is 11.7. The van der Waals surface area contributed by atoms with E-state index in [9.17, 15) is 4.79 Å². The second kappa shape index (κ2) is 6.80. The van der Waals surface area contributed by atoms with Gasteiger partial charge in [0.25, 0.3) is 0 Å². The first-order valence-corrected chi connectivity index (χ1v) is 7.36. The van der Waals surface area contributed by atoms with E-state index in [-0.39, 0.29) is 5.91 Å². The first kappa shape index (κ1) is 14.2. The molecule has 1 amide bonds. The molecule has 2 heterocycles. The largest absolute Gasteiger partial charge is 0.465 e. The first-order chi connectivity index (χ1) is 10.8. The van der Waals surface area contributed by atoms with Gasteiger partial charge in [-0.05, 0) is 42.1 Å². The third-order valence-corrected chi connectivity index (χ3v) is 3.50. The van der Waals surface area contributed by atoms with Gasteiger partial charge in [-0.1, -0.05) is 18.2 Å². The molecule has 0 saturated carbocycles. The zero-order chi connectivity index (χ0) is 15.2. The molecule has 2 aromatic heterocycles. The minimum absolute atomic E-state index is 0.103. The molecule has 22 heavy (non-hydrogen) atoms. The molecular formula is C18H18N2O2. The van der Waals surface area contributed by atoms with Gasteiger partial charge in [-0.3, -0.25) is 4.79 Å². The molecule has 3 rings (SSSR count). The number of rotatable bonds is 6. The molecule has 3 aromatic rings. The van der Waals surface area contributed by atoms with Gasteiger partial charge in [0.05, 0.1) is 6.26 Å². The third-order valence-electron chi connectivity index (χ3n) is 3.50. The fourth-order valence-electron chi connectivity index (χ4n) is 2.40. The topological polar surface area (TPSA) is 47.2 Å². The van der Waals surface area contributed by atoms with Crippen molar-refractivity contribution in [3.05, 3.63) is 66.8 Å². The number of nitrogens with zero attached hydrogens (tertiary/aromatic N) is 1. The first-order valence-electron chi connectivity index (χ1n) is 7.36. The van der Waals surface area contributed by atoms with E-state index >= 15 is 0 Å². The van der Waals surface area contributed by atoms with Crippen LogP contribution in [-0.2, 0) is 11.3 Å². The van der Waals surface area contributed by atoms with Crippen molar-refractivity contribution in [2.24, 2.45) is 0 Å². The van der Waals surface area contributed by atoms with E-state index in [0.29, 0.717) is 12.3 Å². The summed E-state index contributed by atoms with van der Waals surface area (Å²) in [6.07, 6.45) is 7.71. The summed E-state index contributed by atoms with van der Waals surface area (Å²) in [5.74, 6) is 0.572. The lowest BCUT2D eigenvalue weighted by atomic mass is 10.2. The number of amides is 1. The van der Waals surface area contributed by atoms with Gasteiger partial charge in [-0.15, -0.1) is 0 Å². The lowest BCUT2D eigenvalue weighted by molar-refractivity contribution is -0.116. The Labute approximate surface area is 129 Å². The Morgan fingerprint density at radius 1 is 1.18 bits per heavy atom. The van der Waals surface area contributed by atoms with Gasteiger partial charge in [0.1, 0.15) is 5.76 Å². The molecule has 0 aliphatic heterocycles. The van der Waals surface area contributed by atoms with Crippen LogP contribution in [0.4, 0.5) is 0 Å². The van der Waals surface area contributed by atoms with E-state index in [1.54, 1.807) is 24.5 Å². The molecule has 0 atom stereocenters. The Bertz CT molecular complexity index is 769. The zero-order valence-electron chi connectivity index (χ0n) is 12.2. The van der Waals surface area contributed by atoms with Crippen molar-refractivity contribution in [2.75, 3.05) is 6.54 Å². The van der Waals surface area contributed by atoms with E-state index in [4.69, 9.17) is 4.42 Å². The Morgan fingerprint density at radius 2 is 2.09 bits per heavy atom. The average Bonchev–Trinajstić information content (AvgIpc) is 3.19. The van der Waals surface area contributed by atoms with E-state index in [0.717, 1.165) is 13.0 Å². The number of nitrogens with one attached hydrogen (secondary N) is 1. The molecule has 4 nitrogen and oxygen atoms in total. The zero-order valence-corrected chi connectivity index (χ0v) is 12.2. The van der Waals surface area contributed by atoms with E-state index in [2.05, 4.69) is 34.3 Å². The summed E-state index contributed by atoms with van der Waals surface area (Å²) in [7, 11) is 0. The summed E-state index contributed by atoms with van der Waals surface area (Å²) in [6, 6.07) is 14.0. The number of para-hydroxylation sites is 1. The molecule has 0 fully saturated rings. The summed E-state index contributed by atoms with van der Waals surface area (Å²) in [4.78, 5) is 11.7. The molecule has 0 radical (unpaired) electrons. The highest BCUT2D eigenvalue weighted by atomic mass is 16.3. The van der Waals surface area contributed by atoms with Crippen LogP contribution in [0, 0.1) is 0 Å². The van der Waals surface area contributed by atoms with Crippen molar-refractivity contribution in [1.29, 1.82) is 0 Å². The van der Waals surface area contributed by atoms with Crippen molar-refractivity contribution in [1.82, 2.24) is 9.88 Å². The van der Waals surface area contributed by atoms with Crippen molar-refractivity contribution in [2.45, 2.75) is 13.0 Å². The van der Waals surface area contributed by atoms with Crippen molar-refractivity contribution >= 4 is 22.9 Å². The number of furan rings is 1. The van der Waals surface area contributed by atoms with Crippen LogP contribution in [0.25, 0.3) is 17.0 Å². The van der Waals surface area contributed by atoms with Gasteiger partial charge in [0.15, 0.2) is 0 Å². The molecule has 0 bridgehead atoms. The maximum Gasteiger partial charge on any atom is 0.244 e. The maximum absolute atomic E-state index is 11.7. The fourth-order valence-corrected chi connectivity index (χ4v) is 2.40. The molecule has 4 heteroatoms. The predicted molar refractivity (Wildman–Crippen MR) is 87.3 cm³/mol. The van der Waals surface area contributed by atoms with Gasteiger partial charge >= 0.3 is 0 Å². The molecule has 1 aromatic carbocycles. The number of hydrogen-bond acceptors (Lipinski definition) is 2. The van der Waals surface area contributed by atoms with Gasteiger partial charge in [0.2, 0.25) is 5.91 Å². The number of fused-ring (bicyclic) bond motifs is 1. The monoisotopic (exact) mass is 294 g/mol. The highest BCUT2D eigenvalue weighted by Crippen LogP contribution is 2.15. The molecule has 0 unspecified atom stereocenters. The minimum Gasteiger partial charge on any atom is -0.465 e. The molecule has 0 aliphatic rings. The van der Waals surface area contributed by atoms with Crippen molar-refractivity contribution in [3.63, 3.8) is 0 Å². The standard InChI is InChI=1S/C18H18N2O2/c21-18(9-8-16-6-3-14-22-16)19-11-4-12-20-13-10-15-5-1-2-7-17(15)20/h1-3,5-10,13-14H,4,11-12H2,(H,19,21)/b9-8+. The van der Waals surface area contributed by atoms with Gasteiger partial charge in [-0.25, -0.2) is 0 Å². The van der Waals surface area contributed by atoms with E-state index < -0.39 is 0 Å². The molecular weight excluding hydrogens is 276 g/mol. The predicted octanol–water partition coefficient (Wildman–Crippen LogP) is 3.45. The average molecular weight is 294 g/mol. The second-order valence-electron chi connectivity index (χ2n) is 5.06. The van der Waals surface area contributed by atoms with Crippen LogP contribution in [0.2, 0.25) is 0 Å². The number of carbonyl (C=O) groups excluding carboxylic acids is 1. The summed E-state index contributed by atoms with van der Waals surface area (Å²) >= 11 is 0.